The summed E-state index contributed by atoms with van der Waals surface area (Å²) >= 11 is 1.69. The lowest BCUT2D eigenvalue weighted by Gasteiger charge is -2.43. The van der Waals surface area contributed by atoms with Crippen molar-refractivity contribution < 1.29 is 36.6 Å². The zero-order valence-corrected chi connectivity index (χ0v) is 17.5. The molecule has 0 aromatic carbocycles. The van der Waals surface area contributed by atoms with E-state index in [-0.39, 0.29) is 18.7 Å². The van der Waals surface area contributed by atoms with E-state index >= 15 is 0 Å². The number of piperidine rings is 1. The molecule has 0 atom stereocenters. The Labute approximate surface area is 180 Å². The van der Waals surface area contributed by atoms with Crippen LogP contribution in [-0.4, -0.2) is 70.0 Å². The molecule has 0 radical (unpaired) electrons. The molecule has 1 amide bonds. The first-order valence-electron chi connectivity index (χ1n) is 9.97. The smallest absolute Gasteiger partial charge is 0.475 e. The van der Waals surface area contributed by atoms with Gasteiger partial charge in [0.1, 0.15) is 5.01 Å². The number of carboxylic acids is 1. The molecule has 1 aromatic heterocycles. The Balaban J connectivity index is 0.000000339. The Hall–Kier alpha value is -1.82. The molecule has 4 rings (SSSR count). The van der Waals surface area contributed by atoms with Gasteiger partial charge in [-0.15, -0.1) is 11.3 Å². The number of rotatable bonds is 3. The molecule has 174 valence electrons. The van der Waals surface area contributed by atoms with Gasteiger partial charge >= 0.3 is 12.1 Å². The maximum Gasteiger partial charge on any atom is 0.490 e. The largest absolute Gasteiger partial charge is 0.490 e. The van der Waals surface area contributed by atoms with E-state index in [4.69, 9.17) is 9.90 Å². The highest BCUT2D eigenvalue weighted by molar-refractivity contribution is 7.09. The summed E-state index contributed by atoms with van der Waals surface area (Å²) in [5, 5.41) is 10.3. The minimum atomic E-state index is -5.08. The number of aromatic nitrogens is 1. The molecule has 2 saturated heterocycles. The van der Waals surface area contributed by atoms with E-state index in [1.165, 1.54) is 6.42 Å². The van der Waals surface area contributed by atoms with Gasteiger partial charge in [0.25, 0.3) is 0 Å². The van der Waals surface area contributed by atoms with E-state index in [1.54, 1.807) is 11.3 Å². The van der Waals surface area contributed by atoms with Gasteiger partial charge in [-0.1, -0.05) is 0 Å². The van der Waals surface area contributed by atoms with Gasteiger partial charge in [-0.2, -0.15) is 13.2 Å². The number of aliphatic carboxylic acids is 1. The number of amides is 1. The van der Waals surface area contributed by atoms with Crippen molar-refractivity contribution in [2.75, 3.05) is 26.2 Å². The normalized spacial score (nSPS) is 23.2. The maximum atomic E-state index is 13.0. The van der Waals surface area contributed by atoms with E-state index in [1.807, 2.05) is 16.5 Å². The van der Waals surface area contributed by atoms with Crippen LogP contribution in [0.4, 0.5) is 22.0 Å². The molecule has 1 N–H and O–H groups in total. The number of alkyl halides is 5. The second-order valence-electron chi connectivity index (χ2n) is 8.48. The third-order valence-electron chi connectivity index (χ3n) is 6.18. The van der Waals surface area contributed by atoms with E-state index in [9.17, 15) is 26.7 Å². The van der Waals surface area contributed by atoms with Gasteiger partial charge in [0.2, 0.25) is 11.8 Å². The van der Waals surface area contributed by atoms with Crippen LogP contribution in [0.25, 0.3) is 0 Å². The summed E-state index contributed by atoms with van der Waals surface area (Å²) in [6.45, 7) is 4.52. The first kappa shape index (κ1) is 23.8. The molecule has 2 aliphatic heterocycles. The zero-order valence-electron chi connectivity index (χ0n) is 16.7. The van der Waals surface area contributed by atoms with Crippen molar-refractivity contribution in [3.8, 4) is 0 Å². The van der Waals surface area contributed by atoms with Crippen LogP contribution in [0.1, 0.15) is 37.1 Å². The Morgan fingerprint density at radius 3 is 2.23 bits per heavy atom. The van der Waals surface area contributed by atoms with E-state index in [0.29, 0.717) is 5.41 Å². The lowest BCUT2D eigenvalue weighted by atomic mass is 9.76. The molecule has 3 aliphatic rings. The fourth-order valence-corrected chi connectivity index (χ4v) is 5.05. The summed E-state index contributed by atoms with van der Waals surface area (Å²) in [7, 11) is 0. The fraction of sp³-hybridized carbons (Fsp3) is 0.737. The number of carbonyl (C=O) groups excluding carboxylic acids is 1. The summed E-state index contributed by atoms with van der Waals surface area (Å²) in [6.07, 6.45) is -0.585. The van der Waals surface area contributed by atoms with Crippen molar-refractivity contribution >= 4 is 23.2 Å². The first-order chi connectivity index (χ1) is 14.4. The topological polar surface area (TPSA) is 73.7 Å². The summed E-state index contributed by atoms with van der Waals surface area (Å²) in [5.74, 6) is -5.86. The van der Waals surface area contributed by atoms with Crippen molar-refractivity contribution in [3.63, 3.8) is 0 Å². The molecule has 12 heteroatoms. The molecule has 1 aliphatic carbocycles. The first-order valence-corrected chi connectivity index (χ1v) is 10.8. The van der Waals surface area contributed by atoms with Crippen molar-refractivity contribution in [1.29, 1.82) is 0 Å². The molecular weight excluding hydrogens is 445 g/mol. The Morgan fingerprint density at radius 2 is 1.74 bits per heavy atom. The predicted molar refractivity (Wildman–Crippen MR) is 102 cm³/mol. The van der Waals surface area contributed by atoms with Gasteiger partial charge in [0.15, 0.2) is 0 Å². The SMILES string of the molecule is O=C(C1CC(F)(F)C1)N1CCC2(CCN(Cc3nccs3)C2)CC1.O=C(O)C(F)(F)F. The molecule has 3 heterocycles. The van der Waals surface area contributed by atoms with E-state index in [0.717, 1.165) is 50.6 Å². The third kappa shape index (κ3) is 6.12. The molecule has 31 heavy (non-hydrogen) atoms. The van der Waals surface area contributed by atoms with Crippen LogP contribution in [0.3, 0.4) is 0 Å². The number of carboxylic acid groups (broad SMARTS) is 1. The molecular formula is C19H24F5N3O3S. The summed E-state index contributed by atoms with van der Waals surface area (Å²) < 4.78 is 57.7. The van der Waals surface area contributed by atoms with Crippen LogP contribution in [0, 0.1) is 11.3 Å². The lowest BCUT2D eigenvalue weighted by Crippen LogP contribution is -2.50. The lowest BCUT2D eigenvalue weighted by molar-refractivity contribution is -0.192. The number of carbonyl (C=O) groups is 2. The van der Waals surface area contributed by atoms with Crippen LogP contribution in [0.15, 0.2) is 11.6 Å². The number of nitrogens with zero attached hydrogens (tertiary/aromatic N) is 3. The number of hydrogen-bond acceptors (Lipinski definition) is 5. The Bertz CT molecular complexity index is 771. The summed E-state index contributed by atoms with van der Waals surface area (Å²) in [4.78, 5) is 29.9. The van der Waals surface area contributed by atoms with Crippen molar-refractivity contribution in [3.05, 3.63) is 16.6 Å². The minimum absolute atomic E-state index is 0.0478. The molecule has 0 bridgehead atoms. The zero-order chi connectivity index (χ0) is 22.9. The van der Waals surface area contributed by atoms with Crippen LogP contribution < -0.4 is 0 Å². The van der Waals surface area contributed by atoms with Gasteiger partial charge in [-0.3, -0.25) is 9.69 Å². The van der Waals surface area contributed by atoms with Gasteiger partial charge in [0.05, 0.1) is 6.54 Å². The predicted octanol–water partition coefficient (Wildman–Crippen LogP) is 3.64. The average molecular weight is 469 g/mol. The molecule has 6 nitrogen and oxygen atoms in total. The molecule has 1 aromatic rings. The number of halogens is 5. The molecule has 1 saturated carbocycles. The summed E-state index contributed by atoms with van der Waals surface area (Å²) in [6, 6.07) is 0. The van der Waals surface area contributed by atoms with Crippen LogP contribution >= 0.6 is 11.3 Å². The Kier molecular flexibility index (Phi) is 6.90. The van der Waals surface area contributed by atoms with Crippen LogP contribution in [0.5, 0.6) is 0 Å². The van der Waals surface area contributed by atoms with E-state index < -0.39 is 24.0 Å². The van der Waals surface area contributed by atoms with E-state index in [2.05, 4.69) is 9.88 Å². The maximum absolute atomic E-state index is 13.0. The second kappa shape index (κ2) is 8.97. The number of likely N-dealkylation sites (tertiary alicyclic amines) is 2. The highest BCUT2D eigenvalue weighted by atomic mass is 32.1. The quantitative estimate of drug-likeness (QED) is 0.685. The van der Waals surface area contributed by atoms with Crippen LogP contribution in [-0.2, 0) is 16.1 Å². The second-order valence-corrected chi connectivity index (χ2v) is 9.45. The summed E-state index contributed by atoms with van der Waals surface area (Å²) in [5.41, 5.74) is 0.303. The van der Waals surface area contributed by atoms with Gasteiger partial charge in [-0.05, 0) is 31.2 Å². The number of hydrogen-bond donors (Lipinski definition) is 1. The minimum Gasteiger partial charge on any atom is -0.475 e. The van der Waals surface area contributed by atoms with Gasteiger partial charge in [-0.25, -0.2) is 18.6 Å². The van der Waals surface area contributed by atoms with Crippen LogP contribution in [0.2, 0.25) is 0 Å². The van der Waals surface area contributed by atoms with Crippen molar-refractivity contribution in [1.82, 2.24) is 14.8 Å². The fourth-order valence-electron chi connectivity index (χ4n) is 4.39. The third-order valence-corrected chi connectivity index (χ3v) is 6.94. The highest BCUT2D eigenvalue weighted by Gasteiger charge is 2.51. The monoisotopic (exact) mass is 469 g/mol. The van der Waals surface area contributed by atoms with Crippen molar-refractivity contribution in [2.24, 2.45) is 11.3 Å². The van der Waals surface area contributed by atoms with Gasteiger partial charge in [0, 0.05) is 50.0 Å². The number of thiazole rings is 1. The average Bonchev–Trinajstić information content (AvgIpc) is 3.30. The van der Waals surface area contributed by atoms with Gasteiger partial charge < -0.3 is 10.0 Å². The Morgan fingerprint density at radius 1 is 1.16 bits per heavy atom. The van der Waals surface area contributed by atoms with Crippen molar-refractivity contribution in [2.45, 2.75) is 50.7 Å². The molecule has 0 unspecified atom stereocenters. The molecule has 1 spiro atoms. The highest BCUT2D eigenvalue weighted by Crippen LogP contribution is 2.45. The molecule has 3 fully saturated rings. The standard InChI is InChI=1S/C17H23F2N3OS.C2HF3O2/c18-17(19)9-13(10-17)15(23)22-6-2-16(3-7-22)1-5-21(12-16)11-14-20-4-8-24-14;3-2(4,5)1(6)7/h4,8,13H,1-3,5-7,9-12H2;(H,6,7).